The van der Waals surface area contributed by atoms with E-state index in [4.69, 9.17) is 0 Å². The van der Waals surface area contributed by atoms with Crippen LogP contribution in [0.2, 0.25) is 0 Å². The van der Waals surface area contributed by atoms with Crippen LogP contribution in [0.4, 0.5) is 0 Å². The number of hydrogen-bond donors (Lipinski definition) is 1. The Bertz CT molecular complexity index is 431. The van der Waals surface area contributed by atoms with E-state index in [1.807, 2.05) is 20.8 Å². The summed E-state index contributed by atoms with van der Waals surface area (Å²) in [7, 11) is -3.17. The fraction of sp³-hybridized carbons (Fsp3) is 0.583. The molecule has 0 aliphatic heterocycles. The summed E-state index contributed by atoms with van der Waals surface area (Å²) in [6.07, 6.45) is 4.16. The molecule has 0 aromatic carbocycles. The van der Waals surface area contributed by atoms with E-state index in [2.05, 4.69) is 16.9 Å². The predicted molar refractivity (Wildman–Crippen MR) is 74.0 cm³/mol. The summed E-state index contributed by atoms with van der Waals surface area (Å²) < 4.78 is 22.5. The fourth-order valence-electron chi connectivity index (χ4n) is 1.26. The molecule has 0 spiro atoms. The third-order valence-corrected chi connectivity index (χ3v) is 3.70. The Hall–Kier alpha value is -0.940. The Morgan fingerprint density at radius 2 is 2.00 bits per heavy atom. The highest BCUT2D eigenvalue weighted by atomic mass is 32.2. The smallest absolute Gasteiger partial charge is 0.172 e. The summed E-state index contributed by atoms with van der Waals surface area (Å²) in [4.78, 5) is 4.43. The van der Waals surface area contributed by atoms with Crippen LogP contribution in [0.3, 0.4) is 0 Å². The molecular formula is C12H22N2O2S. The highest BCUT2D eigenvalue weighted by molar-refractivity contribution is 7.94. The zero-order valence-electron chi connectivity index (χ0n) is 11.2. The van der Waals surface area contributed by atoms with E-state index in [-0.39, 0.29) is 10.4 Å². The van der Waals surface area contributed by atoms with Crippen LogP contribution in [0.25, 0.3) is 0 Å². The Morgan fingerprint density at radius 1 is 1.47 bits per heavy atom. The van der Waals surface area contributed by atoms with Gasteiger partial charge < -0.3 is 5.32 Å². The van der Waals surface area contributed by atoms with Crippen molar-refractivity contribution in [1.29, 1.82) is 0 Å². The molecule has 0 amide bonds. The van der Waals surface area contributed by atoms with E-state index in [9.17, 15) is 8.42 Å². The topological polar surface area (TPSA) is 58.5 Å². The van der Waals surface area contributed by atoms with Gasteiger partial charge in [-0.1, -0.05) is 13.5 Å². The molecule has 0 aromatic rings. The molecule has 0 radical (unpaired) electrons. The van der Waals surface area contributed by atoms with Crippen molar-refractivity contribution in [3.8, 4) is 0 Å². The van der Waals surface area contributed by atoms with Crippen molar-refractivity contribution >= 4 is 15.5 Å². The van der Waals surface area contributed by atoms with Crippen LogP contribution in [-0.2, 0) is 9.84 Å². The number of rotatable bonds is 6. The second kappa shape index (κ2) is 6.12. The molecule has 1 N–H and O–H groups in total. The first kappa shape index (κ1) is 16.1. The SMILES string of the molecule is C=CC(=N/C=C(\C)S(C)(=O)=O)C(C)(C)NCC. The zero-order chi connectivity index (χ0) is 13.7. The largest absolute Gasteiger partial charge is 0.307 e. The quantitative estimate of drug-likeness (QED) is 0.740. The third-order valence-electron chi connectivity index (χ3n) is 2.42. The minimum Gasteiger partial charge on any atom is -0.307 e. The molecule has 0 aliphatic carbocycles. The normalized spacial score (nSPS) is 14.9. The fourth-order valence-corrected chi connectivity index (χ4v) is 1.50. The average Bonchev–Trinajstić information content (AvgIpc) is 2.16. The van der Waals surface area contributed by atoms with Gasteiger partial charge in [0.05, 0.1) is 16.2 Å². The maximum atomic E-state index is 11.2. The number of sulfone groups is 1. The second-order valence-electron chi connectivity index (χ2n) is 4.39. The van der Waals surface area contributed by atoms with Crippen molar-refractivity contribution < 1.29 is 8.42 Å². The van der Waals surface area contributed by atoms with Crippen LogP contribution in [0.5, 0.6) is 0 Å². The number of aliphatic imine (C=N–C) groups is 1. The highest BCUT2D eigenvalue weighted by Crippen LogP contribution is 2.09. The van der Waals surface area contributed by atoms with E-state index in [0.29, 0.717) is 5.71 Å². The highest BCUT2D eigenvalue weighted by Gasteiger charge is 2.20. The molecule has 0 atom stereocenters. The van der Waals surface area contributed by atoms with Gasteiger partial charge in [-0.2, -0.15) is 0 Å². The Morgan fingerprint density at radius 3 is 2.35 bits per heavy atom. The van der Waals surface area contributed by atoms with E-state index in [1.165, 1.54) is 13.1 Å². The van der Waals surface area contributed by atoms with Gasteiger partial charge in [0.25, 0.3) is 0 Å². The molecule has 0 aromatic heterocycles. The van der Waals surface area contributed by atoms with Crippen LogP contribution in [0.1, 0.15) is 27.7 Å². The Labute approximate surface area is 104 Å². The number of allylic oxidation sites excluding steroid dienone is 1. The summed E-state index contributed by atoms with van der Waals surface area (Å²) in [6.45, 7) is 12.0. The van der Waals surface area contributed by atoms with Gasteiger partial charge >= 0.3 is 0 Å². The van der Waals surface area contributed by atoms with E-state index in [0.717, 1.165) is 12.8 Å². The summed E-state index contributed by atoms with van der Waals surface area (Å²) in [5.41, 5.74) is 0.382. The lowest BCUT2D eigenvalue weighted by atomic mass is 9.98. The van der Waals surface area contributed by atoms with Crippen molar-refractivity contribution in [3.05, 3.63) is 23.8 Å². The maximum absolute atomic E-state index is 11.2. The van der Waals surface area contributed by atoms with Gasteiger partial charge in [0.2, 0.25) is 0 Å². The number of nitrogens with one attached hydrogen (secondary N) is 1. The van der Waals surface area contributed by atoms with Gasteiger partial charge in [-0.15, -0.1) is 0 Å². The summed E-state index contributed by atoms with van der Waals surface area (Å²) >= 11 is 0. The maximum Gasteiger partial charge on any atom is 0.172 e. The minimum atomic E-state index is -3.17. The molecule has 0 saturated heterocycles. The third kappa shape index (κ3) is 5.28. The van der Waals surface area contributed by atoms with Crippen molar-refractivity contribution in [2.75, 3.05) is 12.8 Å². The average molecular weight is 258 g/mol. The van der Waals surface area contributed by atoms with Gasteiger partial charge in [0, 0.05) is 12.5 Å². The first-order valence-electron chi connectivity index (χ1n) is 5.47. The molecule has 17 heavy (non-hydrogen) atoms. The number of nitrogens with zero attached hydrogens (tertiary/aromatic N) is 1. The van der Waals surface area contributed by atoms with E-state index < -0.39 is 9.84 Å². The lowest BCUT2D eigenvalue weighted by Gasteiger charge is -2.25. The lowest BCUT2D eigenvalue weighted by molar-refractivity contribution is 0.525. The predicted octanol–water partition coefficient (Wildman–Crippen LogP) is 1.91. The Balaban J connectivity index is 5.23. The molecule has 5 heteroatoms. The molecule has 0 rings (SSSR count). The van der Waals surface area contributed by atoms with Crippen molar-refractivity contribution in [3.63, 3.8) is 0 Å². The second-order valence-corrected chi connectivity index (χ2v) is 6.57. The lowest BCUT2D eigenvalue weighted by Crippen LogP contribution is -2.45. The van der Waals surface area contributed by atoms with Crippen LogP contribution >= 0.6 is 0 Å². The van der Waals surface area contributed by atoms with E-state index >= 15 is 0 Å². The van der Waals surface area contributed by atoms with Crippen molar-refractivity contribution in [2.24, 2.45) is 4.99 Å². The van der Waals surface area contributed by atoms with Crippen LogP contribution < -0.4 is 5.32 Å². The van der Waals surface area contributed by atoms with Crippen LogP contribution in [0, 0.1) is 0 Å². The van der Waals surface area contributed by atoms with Crippen molar-refractivity contribution in [2.45, 2.75) is 33.2 Å². The monoisotopic (exact) mass is 258 g/mol. The molecule has 0 heterocycles. The van der Waals surface area contributed by atoms with E-state index in [1.54, 1.807) is 6.08 Å². The first-order valence-corrected chi connectivity index (χ1v) is 7.37. The molecule has 0 unspecified atom stereocenters. The zero-order valence-corrected chi connectivity index (χ0v) is 12.1. The molecule has 4 nitrogen and oxygen atoms in total. The molecule has 0 bridgehead atoms. The van der Waals surface area contributed by atoms with Crippen molar-refractivity contribution in [1.82, 2.24) is 5.32 Å². The molecule has 0 fully saturated rings. The first-order chi connectivity index (χ1) is 7.65. The molecular weight excluding hydrogens is 236 g/mol. The summed E-state index contributed by atoms with van der Waals surface area (Å²) in [5.74, 6) is 0. The molecule has 98 valence electrons. The molecule has 0 saturated carbocycles. The standard InChI is InChI=1S/C12H22N2O2S/c1-7-11(12(4,5)14-8-2)13-9-10(3)17(6,15)16/h7,9,14H,1,8H2,2-6H3/b10-9+,13-11?. The number of hydrogen-bond acceptors (Lipinski definition) is 4. The van der Waals surface area contributed by atoms with Crippen LogP contribution in [-0.4, -0.2) is 32.5 Å². The van der Waals surface area contributed by atoms with Gasteiger partial charge in [0.15, 0.2) is 9.84 Å². The van der Waals surface area contributed by atoms with Gasteiger partial charge in [0.1, 0.15) is 0 Å². The Kier molecular flexibility index (Phi) is 5.78. The van der Waals surface area contributed by atoms with Crippen LogP contribution in [0.15, 0.2) is 28.8 Å². The van der Waals surface area contributed by atoms with Gasteiger partial charge in [-0.25, -0.2) is 8.42 Å². The summed E-state index contributed by atoms with van der Waals surface area (Å²) in [5, 5.41) is 3.25. The van der Waals surface area contributed by atoms with Gasteiger partial charge in [-0.05, 0) is 33.4 Å². The van der Waals surface area contributed by atoms with Gasteiger partial charge in [-0.3, -0.25) is 4.99 Å². The summed E-state index contributed by atoms with van der Waals surface area (Å²) in [6, 6.07) is 0. The minimum absolute atomic E-state index is 0.240. The molecule has 0 aliphatic rings.